The van der Waals surface area contributed by atoms with Crippen LogP contribution in [-0.2, 0) is 17.9 Å². The fourth-order valence-electron chi connectivity index (χ4n) is 4.42. The molecule has 0 radical (unpaired) electrons. The Hall–Kier alpha value is -3.11. The Morgan fingerprint density at radius 3 is 2.69 bits per heavy atom. The predicted molar refractivity (Wildman–Crippen MR) is 156 cm³/mol. The number of ether oxygens (including phenoxy) is 3. The van der Waals surface area contributed by atoms with Crippen LogP contribution in [0.3, 0.4) is 0 Å². The molecule has 0 bridgehead atoms. The van der Waals surface area contributed by atoms with Gasteiger partial charge in [0.1, 0.15) is 12.4 Å². The second kappa shape index (κ2) is 10.8. The van der Waals surface area contributed by atoms with Crippen LogP contribution in [0.15, 0.2) is 70.2 Å². The Morgan fingerprint density at radius 2 is 1.85 bits per heavy atom. The molecule has 6 rings (SSSR count). The minimum Gasteiger partial charge on any atom is -0.492 e. The first-order valence-electron chi connectivity index (χ1n) is 11.9. The minimum atomic E-state index is -0.349. The standard InChI is InChI=1S/C28H19BrCl2N2O5S/c29-18-2-5-23-20(11-18)17(14-32(23)7-8-36-19-3-6-24-25(12-19)38-15-37-24)10-26-27(34)33(28(35)39-26)13-16-1-4-21(30)22(31)9-16/h1-6,9-12,14H,7-8,13,15H2/b26-10-. The molecule has 2 aliphatic rings. The van der Waals surface area contributed by atoms with Crippen molar-refractivity contribution < 1.29 is 23.8 Å². The van der Waals surface area contributed by atoms with Crippen molar-refractivity contribution in [3.05, 3.63) is 91.3 Å². The number of benzene rings is 3. The van der Waals surface area contributed by atoms with Crippen LogP contribution >= 0.6 is 50.9 Å². The molecule has 1 saturated heterocycles. The fraction of sp³-hybridized carbons (Fsp3) is 0.143. The number of rotatable bonds is 7. The summed E-state index contributed by atoms with van der Waals surface area (Å²) in [5.41, 5.74) is 2.53. The number of amides is 2. The molecule has 0 spiro atoms. The Morgan fingerprint density at radius 1 is 1.00 bits per heavy atom. The number of thioether (sulfide) groups is 1. The van der Waals surface area contributed by atoms with Crippen molar-refractivity contribution in [1.29, 1.82) is 0 Å². The maximum atomic E-state index is 13.2. The average Bonchev–Trinajstić information content (AvgIpc) is 3.59. The van der Waals surface area contributed by atoms with Gasteiger partial charge in [-0.2, -0.15) is 0 Å². The number of aromatic nitrogens is 1. The quantitative estimate of drug-likeness (QED) is 0.191. The van der Waals surface area contributed by atoms with E-state index in [2.05, 4.69) is 20.5 Å². The number of carbonyl (C=O) groups excluding carboxylic acids is 2. The Bertz CT molecular complexity index is 1670. The third-order valence-electron chi connectivity index (χ3n) is 6.30. The molecule has 0 atom stereocenters. The van der Waals surface area contributed by atoms with Gasteiger partial charge in [0.15, 0.2) is 11.5 Å². The Labute approximate surface area is 246 Å². The van der Waals surface area contributed by atoms with Gasteiger partial charge in [-0.25, -0.2) is 0 Å². The largest absolute Gasteiger partial charge is 0.492 e. The van der Waals surface area contributed by atoms with E-state index in [1.165, 1.54) is 4.90 Å². The molecule has 3 aromatic carbocycles. The average molecular weight is 646 g/mol. The molecule has 1 fully saturated rings. The molecule has 2 amide bonds. The molecule has 0 saturated carbocycles. The van der Waals surface area contributed by atoms with Gasteiger partial charge in [0, 0.05) is 33.2 Å². The lowest BCUT2D eigenvalue weighted by atomic mass is 10.1. The lowest BCUT2D eigenvalue weighted by Crippen LogP contribution is -2.27. The number of carbonyl (C=O) groups is 2. The summed E-state index contributed by atoms with van der Waals surface area (Å²) in [6.45, 7) is 1.31. The fourth-order valence-corrected chi connectivity index (χ4v) is 5.93. The second-order valence-electron chi connectivity index (χ2n) is 8.82. The van der Waals surface area contributed by atoms with Crippen molar-refractivity contribution in [2.75, 3.05) is 13.4 Å². The number of hydrogen-bond donors (Lipinski definition) is 0. The van der Waals surface area contributed by atoms with E-state index in [9.17, 15) is 9.59 Å². The van der Waals surface area contributed by atoms with Crippen LogP contribution in [0, 0.1) is 0 Å². The molecule has 0 aliphatic carbocycles. The molecule has 11 heteroatoms. The zero-order valence-electron chi connectivity index (χ0n) is 20.2. The Balaban J connectivity index is 1.22. The van der Waals surface area contributed by atoms with Gasteiger partial charge in [0.2, 0.25) is 6.79 Å². The molecule has 4 aromatic rings. The normalized spacial score (nSPS) is 15.7. The monoisotopic (exact) mass is 644 g/mol. The first kappa shape index (κ1) is 26.1. The summed E-state index contributed by atoms with van der Waals surface area (Å²) in [7, 11) is 0. The number of hydrogen-bond acceptors (Lipinski definition) is 6. The third-order valence-corrected chi connectivity index (χ3v) is 8.44. The minimum absolute atomic E-state index is 0.114. The highest BCUT2D eigenvalue weighted by atomic mass is 79.9. The van der Waals surface area contributed by atoms with Gasteiger partial charge >= 0.3 is 0 Å². The van der Waals surface area contributed by atoms with E-state index in [0.717, 1.165) is 38.3 Å². The summed E-state index contributed by atoms with van der Waals surface area (Å²) >= 11 is 16.6. The summed E-state index contributed by atoms with van der Waals surface area (Å²) < 4.78 is 19.7. The van der Waals surface area contributed by atoms with Crippen molar-refractivity contribution in [1.82, 2.24) is 9.47 Å². The first-order chi connectivity index (χ1) is 18.9. The van der Waals surface area contributed by atoms with Gasteiger partial charge in [0.25, 0.3) is 11.1 Å². The number of fused-ring (bicyclic) bond motifs is 2. The molecule has 3 heterocycles. The van der Waals surface area contributed by atoms with Gasteiger partial charge in [-0.3, -0.25) is 14.5 Å². The summed E-state index contributed by atoms with van der Waals surface area (Å²) in [4.78, 5) is 27.5. The van der Waals surface area contributed by atoms with Crippen LogP contribution in [0.1, 0.15) is 11.1 Å². The summed E-state index contributed by atoms with van der Waals surface area (Å²) in [5, 5.41) is 1.40. The zero-order valence-corrected chi connectivity index (χ0v) is 24.1. The van der Waals surface area contributed by atoms with E-state index in [4.69, 9.17) is 37.4 Å². The molecule has 39 heavy (non-hydrogen) atoms. The molecular weight excluding hydrogens is 627 g/mol. The van der Waals surface area contributed by atoms with Crippen molar-refractivity contribution >= 4 is 79.0 Å². The van der Waals surface area contributed by atoms with Crippen LogP contribution in [0.25, 0.3) is 17.0 Å². The first-order valence-corrected chi connectivity index (χ1v) is 14.2. The van der Waals surface area contributed by atoms with Crippen LogP contribution in [0.2, 0.25) is 10.0 Å². The molecule has 2 aliphatic heterocycles. The second-order valence-corrected chi connectivity index (χ2v) is 11.5. The SMILES string of the molecule is O=C1S/C(=C\c2cn(CCOc3ccc4c(c3)OCO4)c3ccc(Br)cc23)C(=O)N1Cc1ccc(Cl)c(Cl)c1. The van der Waals surface area contributed by atoms with E-state index in [1.807, 2.05) is 42.6 Å². The summed E-state index contributed by atoms with van der Waals surface area (Å²) in [5.74, 6) is 1.71. The predicted octanol–water partition coefficient (Wildman–Crippen LogP) is 7.75. The molecule has 198 valence electrons. The summed E-state index contributed by atoms with van der Waals surface area (Å²) in [6.07, 6.45) is 3.73. The molecule has 0 N–H and O–H groups in total. The van der Waals surface area contributed by atoms with Crippen molar-refractivity contribution in [3.63, 3.8) is 0 Å². The van der Waals surface area contributed by atoms with E-state index in [1.54, 1.807) is 24.3 Å². The van der Waals surface area contributed by atoms with Gasteiger partial charge in [-0.15, -0.1) is 0 Å². The van der Waals surface area contributed by atoms with Gasteiger partial charge in [-0.05, 0) is 65.9 Å². The highest BCUT2D eigenvalue weighted by Crippen LogP contribution is 2.37. The van der Waals surface area contributed by atoms with E-state index < -0.39 is 0 Å². The maximum absolute atomic E-state index is 13.2. The number of nitrogens with zero attached hydrogens (tertiary/aromatic N) is 2. The highest BCUT2D eigenvalue weighted by molar-refractivity contribution is 9.10. The van der Waals surface area contributed by atoms with Crippen LogP contribution in [0.5, 0.6) is 17.2 Å². The van der Waals surface area contributed by atoms with Crippen molar-refractivity contribution in [3.8, 4) is 17.2 Å². The molecular formula is C28H19BrCl2N2O5S. The van der Waals surface area contributed by atoms with Crippen LogP contribution in [0.4, 0.5) is 4.79 Å². The Kier molecular flexibility index (Phi) is 7.24. The zero-order chi connectivity index (χ0) is 27.1. The lowest BCUT2D eigenvalue weighted by molar-refractivity contribution is -0.123. The number of halogens is 3. The van der Waals surface area contributed by atoms with Crippen LogP contribution in [-0.4, -0.2) is 34.0 Å². The number of imide groups is 1. The van der Waals surface area contributed by atoms with Gasteiger partial charge < -0.3 is 18.8 Å². The van der Waals surface area contributed by atoms with Gasteiger partial charge in [0.05, 0.1) is 28.0 Å². The summed E-state index contributed by atoms with van der Waals surface area (Å²) in [6, 6.07) is 16.5. The smallest absolute Gasteiger partial charge is 0.293 e. The van der Waals surface area contributed by atoms with Crippen molar-refractivity contribution in [2.24, 2.45) is 0 Å². The van der Waals surface area contributed by atoms with Crippen molar-refractivity contribution in [2.45, 2.75) is 13.1 Å². The van der Waals surface area contributed by atoms with E-state index in [-0.39, 0.29) is 24.5 Å². The maximum Gasteiger partial charge on any atom is 0.293 e. The van der Waals surface area contributed by atoms with Crippen LogP contribution < -0.4 is 14.2 Å². The lowest BCUT2D eigenvalue weighted by Gasteiger charge is -2.12. The molecule has 7 nitrogen and oxygen atoms in total. The van der Waals surface area contributed by atoms with E-state index >= 15 is 0 Å². The molecule has 1 aromatic heterocycles. The highest BCUT2D eigenvalue weighted by Gasteiger charge is 2.35. The molecule has 0 unspecified atom stereocenters. The topological polar surface area (TPSA) is 70.0 Å². The third kappa shape index (κ3) is 5.36. The van der Waals surface area contributed by atoms with E-state index in [0.29, 0.717) is 45.4 Å². The van der Waals surface area contributed by atoms with Gasteiger partial charge in [-0.1, -0.05) is 45.2 Å².